The molecule has 0 radical (unpaired) electrons. The van der Waals surface area contributed by atoms with Crippen molar-refractivity contribution >= 4 is 12.0 Å². The molecule has 0 spiro atoms. The van der Waals surface area contributed by atoms with Gasteiger partial charge in [0.2, 0.25) is 31.0 Å². The highest BCUT2D eigenvalue weighted by molar-refractivity contribution is 5.94. The third kappa shape index (κ3) is 5.22. The van der Waals surface area contributed by atoms with Crippen molar-refractivity contribution in [3.8, 4) is 34.5 Å². The van der Waals surface area contributed by atoms with Crippen LogP contribution in [-0.2, 0) is 9.53 Å². The molecule has 0 aromatic heterocycles. The van der Waals surface area contributed by atoms with Gasteiger partial charge in [-0.1, -0.05) is 60.7 Å². The van der Waals surface area contributed by atoms with Gasteiger partial charge in [-0.3, -0.25) is 4.79 Å². The van der Waals surface area contributed by atoms with E-state index in [0.29, 0.717) is 34.5 Å². The minimum atomic E-state index is -0.674. The third-order valence-corrected chi connectivity index (χ3v) is 8.42. The summed E-state index contributed by atoms with van der Waals surface area (Å²) in [6.45, 7) is 0.176. The van der Waals surface area contributed by atoms with E-state index in [1.165, 1.54) is 4.90 Å². The minimum absolute atomic E-state index is 0.0538. The number of fused-ring (bicyclic) bond motifs is 2. The predicted octanol–water partition coefficient (Wildman–Crippen LogP) is 5.86. The van der Waals surface area contributed by atoms with Crippen LogP contribution in [0.4, 0.5) is 4.79 Å². The van der Waals surface area contributed by atoms with Crippen molar-refractivity contribution in [1.29, 1.82) is 0 Å². The van der Waals surface area contributed by atoms with Crippen LogP contribution in [0.1, 0.15) is 40.5 Å². The van der Waals surface area contributed by atoms with Gasteiger partial charge in [-0.15, -0.1) is 0 Å². The number of ether oxygens (including phenoxy) is 7. The Labute approximate surface area is 259 Å². The molecule has 3 aliphatic rings. The lowest BCUT2D eigenvalue weighted by Gasteiger charge is -2.30. The van der Waals surface area contributed by atoms with E-state index >= 15 is 0 Å². The van der Waals surface area contributed by atoms with Crippen LogP contribution in [-0.4, -0.2) is 57.4 Å². The second kappa shape index (κ2) is 12.0. The van der Waals surface area contributed by atoms with Crippen LogP contribution in [0.2, 0.25) is 0 Å². The highest BCUT2D eigenvalue weighted by Crippen LogP contribution is 2.48. The Kier molecular flexibility index (Phi) is 7.54. The highest BCUT2D eigenvalue weighted by atomic mass is 16.7. The Hall–Kier alpha value is -5.38. The summed E-state index contributed by atoms with van der Waals surface area (Å²) in [6, 6.07) is 26.4. The monoisotopic (exact) mass is 609 g/mol. The number of hydrogen-bond donors (Lipinski definition) is 0. The fraction of sp³-hybridized carbons (Fsp3) is 0.257. The van der Waals surface area contributed by atoms with E-state index in [4.69, 9.17) is 33.2 Å². The summed E-state index contributed by atoms with van der Waals surface area (Å²) in [5, 5.41) is 0. The van der Waals surface area contributed by atoms with Crippen molar-refractivity contribution in [1.82, 2.24) is 4.90 Å². The number of amides is 2. The topological polar surface area (TPSA) is 102 Å². The quantitative estimate of drug-likeness (QED) is 0.231. The number of hydrogen-bond acceptors (Lipinski definition) is 9. The molecule has 1 fully saturated rings. The summed E-state index contributed by atoms with van der Waals surface area (Å²) in [5.41, 5.74) is 3.39. The smallest absolute Gasteiger partial charge is 0.417 e. The zero-order chi connectivity index (χ0) is 30.9. The Bertz CT molecular complexity index is 1620. The molecule has 0 bridgehead atoms. The molecule has 3 aliphatic heterocycles. The summed E-state index contributed by atoms with van der Waals surface area (Å²) >= 11 is 0. The van der Waals surface area contributed by atoms with E-state index in [0.717, 1.165) is 22.3 Å². The zero-order valence-electron chi connectivity index (χ0n) is 24.8. The number of nitrogens with zero attached hydrogens (tertiary/aromatic N) is 1. The van der Waals surface area contributed by atoms with Crippen LogP contribution >= 0.6 is 0 Å². The van der Waals surface area contributed by atoms with Crippen LogP contribution in [0.5, 0.6) is 34.5 Å². The average Bonchev–Trinajstić information content (AvgIpc) is 3.84. The van der Waals surface area contributed by atoms with E-state index in [9.17, 15) is 9.59 Å². The normalized spacial score (nSPS) is 16.3. The lowest BCUT2D eigenvalue weighted by molar-refractivity contribution is -0.129. The van der Waals surface area contributed by atoms with Crippen molar-refractivity contribution in [2.24, 2.45) is 0 Å². The van der Waals surface area contributed by atoms with Crippen LogP contribution < -0.4 is 28.4 Å². The third-order valence-electron chi connectivity index (χ3n) is 8.42. The standard InChI is InChI=1S/C35H31NO9/c1-39-27-13-23(15-29-33(27)44-19-42-29)25(24-14-28(40-2)34-30(16-24)43-20-45-34)17-31(37)36-26(18-41-35(36)38)32(21-9-5-3-6-10-21)22-11-7-4-8-12-22/h3-16,25-26,32H,17-20H2,1-2H3/t26-/m0/s1. The molecule has 2 amide bonds. The molecule has 0 saturated carbocycles. The first-order valence-corrected chi connectivity index (χ1v) is 14.6. The molecule has 3 heterocycles. The lowest BCUT2D eigenvalue weighted by Crippen LogP contribution is -2.43. The zero-order valence-corrected chi connectivity index (χ0v) is 24.8. The molecular formula is C35H31NO9. The SMILES string of the molecule is COc1cc(C(CC(=O)N2C(=O)OC[C@H]2C(c2ccccc2)c2ccccc2)c2cc(OC)c3c(c2)OCO3)cc2c1OCO2. The van der Waals surface area contributed by atoms with E-state index < -0.39 is 24.0 Å². The van der Waals surface area contributed by atoms with Crippen molar-refractivity contribution in [3.05, 3.63) is 107 Å². The largest absolute Gasteiger partial charge is 0.493 e. The average molecular weight is 610 g/mol. The summed E-state index contributed by atoms with van der Waals surface area (Å²) in [5.74, 6) is 1.68. The van der Waals surface area contributed by atoms with Crippen LogP contribution in [0.15, 0.2) is 84.9 Å². The van der Waals surface area contributed by atoms with Gasteiger partial charge in [-0.2, -0.15) is 0 Å². The summed E-state index contributed by atoms with van der Waals surface area (Å²) in [7, 11) is 3.09. The van der Waals surface area contributed by atoms with E-state index in [1.54, 1.807) is 14.2 Å². The first kappa shape index (κ1) is 28.4. The molecule has 0 aliphatic carbocycles. The van der Waals surface area contributed by atoms with Crippen LogP contribution in [0.25, 0.3) is 0 Å². The van der Waals surface area contributed by atoms with Gasteiger partial charge < -0.3 is 33.2 Å². The molecule has 1 atom stereocenters. The summed E-state index contributed by atoms with van der Waals surface area (Å²) < 4.78 is 39.5. The lowest BCUT2D eigenvalue weighted by atomic mass is 9.84. The van der Waals surface area contributed by atoms with Gasteiger partial charge in [-0.05, 0) is 46.5 Å². The fourth-order valence-corrected chi connectivity index (χ4v) is 6.33. The maximum atomic E-state index is 14.4. The van der Waals surface area contributed by atoms with Crippen molar-refractivity contribution < 1.29 is 42.7 Å². The minimum Gasteiger partial charge on any atom is -0.493 e. The first-order valence-electron chi connectivity index (χ1n) is 14.6. The number of methoxy groups -OCH3 is 2. The van der Waals surface area contributed by atoms with E-state index in [-0.39, 0.29) is 32.5 Å². The molecule has 230 valence electrons. The molecule has 1 saturated heterocycles. The van der Waals surface area contributed by atoms with Gasteiger partial charge in [0.05, 0.1) is 20.3 Å². The maximum absolute atomic E-state index is 14.4. The van der Waals surface area contributed by atoms with Gasteiger partial charge in [0.15, 0.2) is 23.0 Å². The van der Waals surface area contributed by atoms with Gasteiger partial charge in [0.1, 0.15) is 6.61 Å². The second-order valence-corrected chi connectivity index (χ2v) is 10.9. The first-order chi connectivity index (χ1) is 22.1. The number of benzene rings is 4. The molecule has 4 aromatic rings. The summed E-state index contributed by atoms with van der Waals surface area (Å²) in [4.78, 5) is 29.0. The van der Waals surface area contributed by atoms with Gasteiger partial charge in [-0.25, -0.2) is 9.69 Å². The molecular weight excluding hydrogens is 578 g/mol. The van der Waals surface area contributed by atoms with Gasteiger partial charge >= 0.3 is 6.09 Å². The number of carbonyl (C=O) groups excluding carboxylic acids is 2. The number of rotatable bonds is 9. The number of cyclic esters (lactones) is 1. The fourth-order valence-electron chi connectivity index (χ4n) is 6.33. The maximum Gasteiger partial charge on any atom is 0.417 e. The molecule has 0 unspecified atom stereocenters. The van der Waals surface area contributed by atoms with Gasteiger partial charge in [0.25, 0.3) is 0 Å². The molecule has 7 rings (SSSR count). The Morgan fingerprint density at radius 3 is 1.73 bits per heavy atom. The highest BCUT2D eigenvalue weighted by Gasteiger charge is 2.44. The molecule has 10 heteroatoms. The Balaban J connectivity index is 1.30. The van der Waals surface area contributed by atoms with Gasteiger partial charge in [0, 0.05) is 18.3 Å². The Morgan fingerprint density at radius 2 is 1.24 bits per heavy atom. The molecule has 10 nitrogen and oxygen atoms in total. The summed E-state index contributed by atoms with van der Waals surface area (Å²) in [6.07, 6.45) is -0.750. The van der Waals surface area contributed by atoms with E-state index in [2.05, 4.69) is 0 Å². The molecule has 45 heavy (non-hydrogen) atoms. The number of carbonyl (C=O) groups is 2. The molecule has 0 N–H and O–H groups in total. The van der Waals surface area contributed by atoms with E-state index in [1.807, 2.05) is 84.9 Å². The van der Waals surface area contributed by atoms with Crippen LogP contribution in [0.3, 0.4) is 0 Å². The molecule has 4 aromatic carbocycles. The van der Waals surface area contributed by atoms with Crippen molar-refractivity contribution in [2.75, 3.05) is 34.4 Å². The Morgan fingerprint density at radius 1 is 0.733 bits per heavy atom. The predicted molar refractivity (Wildman–Crippen MR) is 161 cm³/mol. The van der Waals surface area contributed by atoms with Crippen LogP contribution in [0, 0.1) is 0 Å². The number of imide groups is 1. The van der Waals surface area contributed by atoms with Crippen molar-refractivity contribution in [3.63, 3.8) is 0 Å². The second-order valence-electron chi connectivity index (χ2n) is 10.9. The van der Waals surface area contributed by atoms with Crippen molar-refractivity contribution in [2.45, 2.75) is 24.3 Å².